The van der Waals surface area contributed by atoms with Gasteiger partial charge in [0, 0.05) is 0 Å². The van der Waals surface area contributed by atoms with Gasteiger partial charge in [-0.25, -0.2) is 8.37 Å². The Morgan fingerprint density at radius 3 is 2.48 bits per heavy atom. The minimum Gasteiger partial charge on any atom is -0.384 e. The molecule has 0 bridgehead atoms. The average molecular weight is 401 g/mol. The van der Waals surface area contributed by atoms with Crippen LogP contribution in [0.5, 0.6) is 0 Å². The number of fused-ring (bicyclic) bond motifs is 1. The Morgan fingerprint density at radius 1 is 1.24 bits per heavy atom. The Morgan fingerprint density at radius 2 is 1.88 bits per heavy atom. The molecule has 13 heteroatoms. The maximum absolute atomic E-state index is 11.4. The molecule has 144 valence electrons. The molecule has 2 saturated heterocycles. The van der Waals surface area contributed by atoms with Gasteiger partial charge in [0.05, 0.1) is 6.61 Å². The van der Waals surface area contributed by atoms with E-state index in [2.05, 4.69) is 8.37 Å². The molecule has 0 spiro atoms. The molecule has 0 unspecified atom stereocenters. The predicted molar refractivity (Wildman–Crippen MR) is 79.9 cm³/mol. The normalized spacial score (nSPS) is 38.2. The summed E-state index contributed by atoms with van der Waals surface area (Å²) in [6.45, 7) is -0.470. The van der Waals surface area contributed by atoms with E-state index in [4.69, 9.17) is 14.1 Å². The Kier molecular flexibility index (Phi) is 4.87. The number of hydrogen-bond acceptors (Lipinski definition) is 10. The van der Waals surface area contributed by atoms with Crippen molar-refractivity contribution in [3.8, 4) is 0 Å². The standard InChI is InChI=1S/C12H19NO10S2/c13-24(16,17)23-11(7-4-2-1-3-5-7)12(15)10(14)9-8(6-20-12)21-25(18,19)22-9/h8-10,14-15H,1-6H2,(H2,13,16,17)/t8-,9-,10+,12+/m1/s1. The molecule has 2 aliphatic heterocycles. The zero-order valence-corrected chi connectivity index (χ0v) is 14.7. The molecule has 11 nitrogen and oxygen atoms in total. The zero-order chi connectivity index (χ0) is 18.5. The molecule has 3 fully saturated rings. The van der Waals surface area contributed by atoms with Gasteiger partial charge in [0.2, 0.25) is 0 Å². The van der Waals surface area contributed by atoms with E-state index < -0.39 is 57.2 Å². The number of nitrogens with two attached hydrogens (primary N) is 1. The molecule has 2 heterocycles. The van der Waals surface area contributed by atoms with Gasteiger partial charge in [-0.3, -0.25) is 0 Å². The zero-order valence-electron chi connectivity index (χ0n) is 13.0. The first-order valence-corrected chi connectivity index (χ1v) is 10.4. The fourth-order valence-electron chi connectivity index (χ4n) is 3.22. The van der Waals surface area contributed by atoms with Crippen LogP contribution in [0.3, 0.4) is 0 Å². The summed E-state index contributed by atoms with van der Waals surface area (Å²) in [7, 11) is -8.88. The maximum atomic E-state index is 11.4. The highest BCUT2D eigenvalue weighted by Gasteiger charge is 2.60. The Balaban J connectivity index is 1.99. The van der Waals surface area contributed by atoms with Crippen LogP contribution in [-0.4, -0.2) is 57.8 Å². The van der Waals surface area contributed by atoms with E-state index in [9.17, 15) is 27.0 Å². The molecule has 3 rings (SSSR count). The highest BCUT2D eigenvalue weighted by atomic mass is 32.3. The topological polar surface area (TPSA) is 172 Å². The second kappa shape index (κ2) is 6.42. The van der Waals surface area contributed by atoms with Gasteiger partial charge in [0.1, 0.15) is 18.3 Å². The van der Waals surface area contributed by atoms with Crippen LogP contribution in [0.25, 0.3) is 0 Å². The van der Waals surface area contributed by atoms with Crippen LogP contribution in [0.15, 0.2) is 11.3 Å². The van der Waals surface area contributed by atoms with Crippen LogP contribution >= 0.6 is 0 Å². The van der Waals surface area contributed by atoms with Crippen molar-refractivity contribution in [3.63, 3.8) is 0 Å². The second-order valence-corrected chi connectivity index (χ2v) is 8.48. The quantitative estimate of drug-likeness (QED) is 0.474. The van der Waals surface area contributed by atoms with E-state index in [0.717, 1.165) is 19.3 Å². The molecule has 3 aliphatic rings. The smallest absolute Gasteiger partial charge is 0.384 e. The van der Waals surface area contributed by atoms with Crippen molar-refractivity contribution in [1.29, 1.82) is 0 Å². The maximum Gasteiger partial charge on any atom is 0.400 e. The molecule has 25 heavy (non-hydrogen) atoms. The summed E-state index contributed by atoms with van der Waals surface area (Å²) in [5.74, 6) is -3.18. The van der Waals surface area contributed by atoms with E-state index >= 15 is 0 Å². The lowest BCUT2D eigenvalue weighted by atomic mass is 9.88. The molecule has 0 radical (unpaired) electrons. The van der Waals surface area contributed by atoms with Crippen molar-refractivity contribution >= 4 is 20.7 Å². The molecule has 0 aromatic carbocycles. The summed E-state index contributed by atoms with van der Waals surface area (Å²) in [6.07, 6.45) is -1.46. The molecule has 1 saturated carbocycles. The summed E-state index contributed by atoms with van der Waals surface area (Å²) in [4.78, 5) is 0. The van der Waals surface area contributed by atoms with Gasteiger partial charge < -0.3 is 19.1 Å². The van der Waals surface area contributed by atoms with Crippen molar-refractivity contribution in [2.75, 3.05) is 6.61 Å². The third kappa shape index (κ3) is 3.83. The molecule has 4 atom stereocenters. The molecular weight excluding hydrogens is 382 g/mol. The molecule has 0 amide bonds. The van der Waals surface area contributed by atoms with Gasteiger partial charge in [-0.2, -0.15) is 22.0 Å². The van der Waals surface area contributed by atoms with Gasteiger partial charge in [-0.05, 0) is 31.3 Å². The summed E-state index contributed by atoms with van der Waals surface area (Å²) < 4.78 is 64.8. The van der Waals surface area contributed by atoms with E-state index in [1.807, 2.05) is 0 Å². The summed E-state index contributed by atoms with van der Waals surface area (Å²) in [5, 5.41) is 26.2. The first-order valence-electron chi connectivity index (χ1n) is 7.62. The Bertz CT molecular complexity index is 768. The number of hydrogen-bond donors (Lipinski definition) is 3. The van der Waals surface area contributed by atoms with Gasteiger partial charge in [-0.1, -0.05) is 6.42 Å². The van der Waals surface area contributed by atoms with E-state index in [0.29, 0.717) is 18.4 Å². The van der Waals surface area contributed by atoms with Gasteiger partial charge >= 0.3 is 20.7 Å². The highest BCUT2D eigenvalue weighted by Crippen LogP contribution is 2.41. The van der Waals surface area contributed by atoms with E-state index in [-0.39, 0.29) is 0 Å². The van der Waals surface area contributed by atoms with Crippen molar-refractivity contribution in [1.82, 2.24) is 0 Å². The SMILES string of the molecule is NS(=O)(=O)OC(=C1CCCCC1)[C@@]1(O)OC[C@H]2OS(=O)(=O)O[C@H]2[C@@H]1O. The fourth-order valence-corrected chi connectivity index (χ4v) is 4.70. The number of allylic oxidation sites excluding steroid dienone is 1. The van der Waals surface area contributed by atoms with Crippen LogP contribution in [-0.2, 0) is 38.0 Å². The van der Waals surface area contributed by atoms with Gasteiger partial charge in [-0.15, -0.1) is 0 Å². The lowest BCUT2D eigenvalue weighted by molar-refractivity contribution is -0.295. The van der Waals surface area contributed by atoms with Crippen molar-refractivity contribution in [2.45, 2.75) is 56.2 Å². The van der Waals surface area contributed by atoms with Gasteiger partial charge in [0.15, 0.2) is 5.76 Å². The third-order valence-electron chi connectivity index (χ3n) is 4.32. The van der Waals surface area contributed by atoms with E-state index in [1.165, 1.54) is 0 Å². The number of rotatable bonds is 3. The highest BCUT2D eigenvalue weighted by molar-refractivity contribution is 7.84. The lowest BCUT2D eigenvalue weighted by Crippen LogP contribution is -2.61. The first kappa shape index (κ1) is 19.0. The lowest BCUT2D eigenvalue weighted by Gasteiger charge is -2.41. The number of ether oxygens (including phenoxy) is 1. The second-order valence-electron chi connectivity index (χ2n) is 6.13. The minimum absolute atomic E-state index is 0.410. The molecule has 0 aromatic rings. The van der Waals surface area contributed by atoms with Crippen molar-refractivity contribution < 1.29 is 44.3 Å². The van der Waals surface area contributed by atoms with Crippen molar-refractivity contribution in [3.05, 3.63) is 11.3 Å². The molecule has 0 aromatic heterocycles. The molecular formula is C12H19NO10S2. The summed E-state index contributed by atoms with van der Waals surface area (Å²) in [6, 6.07) is 0. The Hall–Kier alpha value is -0.800. The van der Waals surface area contributed by atoms with Crippen LogP contribution < -0.4 is 5.14 Å². The summed E-state index contributed by atoms with van der Waals surface area (Å²) >= 11 is 0. The molecule has 1 aliphatic carbocycles. The van der Waals surface area contributed by atoms with Crippen LogP contribution in [0, 0.1) is 0 Å². The van der Waals surface area contributed by atoms with Crippen LogP contribution in [0.4, 0.5) is 0 Å². The van der Waals surface area contributed by atoms with Crippen molar-refractivity contribution in [2.24, 2.45) is 5.14 Å². The predicted octanol–water partition coefficient (Wildman–Crippen LogP) is -1.47. The first-order chi connectivity index (χ1) is 11.5. The van der Waals surface area contributed by atoms with Crippen LogP contribution in [0.2, 0.25) is 0 Å². The average Bonchev–Trinajstić information content (AvgIpc) is 2.84. The monoisotopic (exact) mass is 401 g/mol. The summed E-state index contributed by atoms with van der Waals surface area (Å²) in [5.41, 5.74) is 0.419. The fraction of sp³-hybridized carbons (Fsp3) is 0.833. The van der Waals surface area contributed by atoms with Gasteiger partial charge in [0.25, 0.3) is 5.79 Å². The number of aliphatic hydroxyl groups excluding tert-OH is 1. The van der Waals surface area contributed by atoms with Crippen LogP contribution in [0.1, 0.15) is 32.1 Å². The minimum atomic E-state index is -4.53. The number of aliphatic hydroxyl groups is 2. The Labute approximate surface area is 144 Å². The molecule has 4 N–H and O–H groups in total. The van der Waals surface area contributed by atoms with E-state index in [1.54, 1.807) is 0 Å². The third-order valence-corrected chi connectivity index (χ3v) is 5.66. The largest absolute Gasteiger partial charge is 0.400 e.